The summed E-state index contributed by atoms with van der Waals surface area (Å²) in [4.78, 5) is 0. The summed E-state index contributed by atoms with van der Waals surface area (Å²) in [6.07, 6.45) is 0. The Bertz CT molecular complexity index is 584. The lowest BCUT2D eigenvalue weighted by Crippen LogP contribution is -2.07. The predicted octanol–water partition coefficient (Wildman–Crippen LogP) is 4.40. The van der Waals surface area contributed by atoms with Gasteiger partial charge < -0.3 is 15.2 Å². The maximum Gasteiger partial charge on any atom is 0.124 e. The van der Waals surface area contributed by atoms with Crippen LogP contribution in [0, 0.1) is 0 Å². The van der Waals surface area contributed by atoms with Crippen LogP contribution in [0.25, 0.3) is 0 Å². The van der Waals surface area contributed by atoms with Gasteiger partial charge in [0.25, 0.3) is 0 Å². The molecular weight excluding hydrogens is 286 g/mol. The molecule has 2 rings (SSSR count). The Morgan fingerprint density at radius 1 is 1.19 bits per heavy atom. The molecule has 112 valence electrons. The molecule has 2 aromatic carbocycles. The molecule has 0 spiro atoms. The molecule has 1 atom stereocenters. The maximum atomic E-state index is 9.43. The lowest BCUT2D eigenvalue weighted by atomic mass is 10.1. The third-order valence-electron chi connectivity index (χ3n) is 3.28. The van der Waals surface area contributed by atoms with E-state index in [0.29, 0.717) is 6.61 Å². The van der Waals surface area contributed by atoms with Gasteiger partial charge >= 0.3 is 0 Å². The fourth-order valence-corrected chi connectivity index (χ4v) is 2.30. The molecule has 0 aromatic heterocycles. The largest absolute Gasteiger partial charge is 0.494 e. The van der Waals surface area contributed by atoms with Crippen molar-refractivity contribution in [3.05, 3.63) is 58.6 Å². The van der Waals surface area contributed by atoms with Gasteiger partial charge in [-0.05, 0) is 49.7 Å². The Kier molecular flexibility index (Phi) is 5.48. The average Bonchev–Trinajstić information content (AvgIpc) is 2.49. The molecule has 0 saturated heterocycles. The Hall–Kier alpha value is -1.71. The van der Waals surface area contributed by atoms with E-state index < -0.39 is 0 Å². The molecule has 0 bridgehead atoms. The quantitative estimate of drug-likeness (QED) is 0.831. The van der Waals surface area contributed by atoms with Crippen molar-refractivity contribution in [3.8, 4) is 5.75 Å². The second-order valence-corrected chi connectivity index (χ2v) is 5.27. The topological polar surface area (TPSA) is 41.5 Å². The molecule has 0 heterocycles. The van der Waals surface area contributed by atoms with Crippen LogP contribution in [-0.4, -0.2) is 11.7 Å². The van der Waals surface area contributed by atoms with E-state index >= 15 is 0 Å². The number of hydrogen-bond donors (Lipinski definition) is 2. The van der Waals surface area contributed by atoms with E-state index in [1.54, 1.807) is 0 Å². The van der Waals surface area contributed by atoms with Crippen LogP contribution in [0.1, 0.15) is 31.0 Å². The number of hydrogen-bond acceptors (Lipinski definition) is 3. The number of rotatable bonds is 6. The van der Waals surface area contributed by atoms with Crippen molar-refractivity contribution in [1.29, 1.82) is 0 Å². The molecule has 2 N–H and O–H groups in total. The first-order valence-corrected chi connectivity index (χ1v) is 7.40. The van der Waals surface area contributed by atoms with E-state index in [-0.39, 0.29) is 12.6 Å². The van der Waals surface area contributed by atoms with Crippen LogP contribution in [0.2, 0.25) is 5.02 Å². The fraction of sp³-hybridized carbons (Fsp3) is 0.294. The van der Waals surface area contributed by atoms with E-state index in [1.807, 2.05) is 49.4 Å². The van der Waals surface area contributed by atoms with Gasteiger partial charge in [-0.3, -0.25) is 0 Å². The van der Waals surface area contributed by atoms with Crippen LogP contribution in [0.4, 0.5) is 5.69 Å². The average molecular weight is 306 g/mol. The zero-order valence-electron chi connectivity index (χ0n) is 12.3. The van der Waals surface area contributed by atoms with Crippen molar-refractivity contribution in [3.63, 3.8) is 0 Å². The molecule has 0 amide bonds. The summed E-state index contributed by atoms with van der Waals surface area (Å²) in [6.45, 7) is 4.55. The summed E-state index contributed by atoms with van der Waals surface area (Å²) in [5.74, 6) is 0.727. The van der Waals surface area contributed by atoms with Gasteiger partial charge in [-0.2, -0.15) is 0 Å². The van der Waals surface area contributed by atoms with Crippen molar-refractivity contribution in [1.82, 2.24) is 0 Å². The highest BCUT2D eigenvalue weighted by atomic mass is 35.5. The number of benzene rings is 2. The van der Waals surface area contributed by atoms with Crippen molar-refractivity contribution in [2.24, 2.45) is 0 Å². The number of ether oxygens (including phenoxy) is 1. The summed E-state index contributed by atoms with van der Waals surface area (Å²) in [6, 6.07) is 13.7. The van der Waals surface area contributed by atoms with Gasteiger partial charge in [0.1, 0.15) is 5.75 Å². The summed E-state index contributed by atoms with van der Waals surface area (Å²) in [5.41, 5.74) is 2.88. The van der Waals surface area contributed by atoms with E-state index in [0.717, 1.165) is 27.6 Å². The van der Waals surface area contributed by atoms with Crippen LogP contribution >= 0.6 is 11.6 Å². The molecule has 4 heteroatoms. The standard InChI is InChI=1S/C17H20ClNO2/c1-3-21-17-9-8-16(10-14(17)11-20)19-12(2)13-4-6-15(18)7-5-13/h4-10,12,19-20H,3,11H2,1-2H3. The normalized spacial score (nSPS) is 12.0. The minimum absolute atomic E-state index is 0.0415. The molecule has 2 aromatic rings. The van der Waals surface area contributed by atoms with Crippen LogP contribution in [0.3, 0.4) is 0 Å². The van der Waals surface area contributed by atoms with Gasteiger partial charge in [-0.25, -0.2) is 0 Å². The van der Waals surface area contributed by atoms with Crippen molar-refractivity contribution < 1.29 is 9.84 Å². The molecule has 0 aliphatic carbocycles. The van der Waals surface area contributed by atoms with E-state index in [2.05, 4.69) is 12.2 Å². The summed E-state index contributed by atoms with van der Waals surface area (Å²) in [7, 11) is 0. The summed E-state index contributed by atoms with van der Waals surface area (Å²) in [5, 5.41) is 13.6. The Labute approximate surface area is 130 Å². The SMILES string of the molecule is CCOc1ccc(NC(C)c2ccc(Cl)cc2)cc1CO. The summed E-state index contributed by atoms with van der Waals surface area (Å²) < 4.78 is 5.48. The molecule has 0 aliphatic heterocycles. The number of anilines is 1. The first-order valence-electron chi connectivity index (χ1n) is 7.02. The second-order valence-electron chi connectivity index (χ2n) is 4.83. The first kappa shape index (κ1) is 15.7. The van der Waals surface area contributed by atoms with Gasteiger partial charge in [0.15, 0.2) is 0 Å². The van der Waals surface area contributed by atoms with E-state index in [4.69, 9.17) is 16.3 Å². The highest BCUT2D eigenvalue weighted by Crippen LogP contribution is 2.26. The van der Waals surface area contributed by atoms with Gasteiger partial charge in [-0.1, -0.05) is 23.7 Å². The van der Waals surface area contributed by atoms with Gasteiger partial charge in [0.2, 0.25) is 0 Å². The van der Waals surface area contributed by atoms with Crippen LogP contribution in [0.5, 0.6) is 5.75 Å². The zero-order chi connectivity index (χ0) is 15.2. The molecule has 3 nitrogen and oxygen atoms in total. The van der Waals surface area contributed by atoms with Crippen molar-refractivity contribution in [2.45, 2.75) is 26.5 Å². The predicted molar refractivity (Wildman–Crippen MR) is 87.0 cm³/mol. The van der Waals surface area contributed by atoms with Crippen LogP contribution < -0.4 is 10.1 Å². The van der Waals surface area contributed by atoms with Gasteiger partial charge in [0.05, 0.1) is 13.2 Å². The zero-order valence-corrected chi connectivity index (χ0v) is 13.0. The minimum Gasteiger partial charge on any atom is -0.494 e. The monoisotopic (exact) mass is 305 g/mol. The lowest BCUT2D eigenvalue weighted by molar-refractivity contribution is 0.267. The van der Waals surface area contributed by atoms with Crippen LogP contribution in [0.15, 0.2) is 42.5 Å². The van der Waals surface area contributed by atoms with Gasteiger partial charge in [-0.15, -0.1) is 0 Å². The van der Waals surface area contributed by atoms with E-state index in [9.17, 15) is 5.11 Å². The number of aliphatic hydroxyl groups is 1. The van der Waals surface area contributed by atoms with E-state index in [1.165, 1.54) is 0 Å². The van der Waals surface area contributed by atoms with Crippen molar-refractivity contribution in [2.75, 3.05) is 11.9 Å². The van der Waals surface area contributed by atoms with Crippen molar-refractivity contribution >= 4 is 17.3 Å². The number of halogens is 1. The van der Waals surface area contributed by atoms with Crippen LogP contribution in [-0.2, 0) is 6.61 Å². The third-order valence-corrected chi connectivity index (χ3v) is 3.54. The molecular formula is C17H20ClNO2. The second kappa shape index (κ2) is 7.34. The minimum atomic E-state index is -0.0415. The summed E-state index contributed by atoms with van der Waals surface area (Å²) >= 11 is 5.90. The smallest absolute Gasteiger partial charge is 0.124 e. The number of nitrogens with one attached hydrogen (secondary N) is 1. The number of aliphatic hydroxyl groups excluding tert-OH is 1. The Morgan fingerprint density at radius 3 is 2.52 bits per heavy atom. The first-order chi connectivity index (χ1) is 10.1. The molecule has 0 radical (unpaired) electrons. The highest BCUT2D eigenvalue weighted by Gasteiger charge is 2.08. The molecule has 0 aliphatic rings. The molecule has 0 fully saturated rings. The Balaban J connectivity index is 2.13. The third kappa shape index (κ3) is 4.13. The molecule has 21 heavy (non-hydrogen) atoms. The van der Waals surface area contributed by atoms with Gasteiger partial charge in [0, 0.05) is 22.3 Å². The maximum absolute atomic E-state index is 9.43. The highest BCUT2D eigenvalue weighted by molar-refractivity contribution is 6.30. The molecule has 0 saturated carbocycles. The Morgan fingerprint density at radius 2 is 1.90 bits per heavy atom. The lowest BCUT2D eigenvalue weighted by Gasteiger charge is -2.17. The fourth-order valence-electron chi connectivity index (χ4n) is 2.17. The molecule has 1 unspecified atom stereocenters.